The minimum absolute atomic E-state index is 0.130. The Morgan fingerprint density at radius 1 is 1.21 bits per heavy atom. The van der Waals surface area contributed by atoms with E-state index in [1.54, 1.807) is 24.0 Å². The highest BCUT2D eigenvalue weighted by Crippen LogP contribution is 2.47. The van der Waals surface area contributed by atoms with Crippen molar-refractivity contribution in [1.82, 2.24) is 20.0 Å². The molecule has 10 heteroatoms. The van der Waals surface area contributed by atoms with Crippen LogP contribution < -0.4 is 17.0 Å². The molecule has 4 rings (SSSR count). The maximum atomic E-state index is 13.1. The Hall–Kier alpha value is -3.53. The molecule has 3 aromatic rings. The molecule has 2 aromatic heterocycles. The molecule has 2 atom stereocenters. The predicted molar refractivity (Wildman–Crippen MR) is 118 cm³/mol. The summed E-state index contributed by atoms with van der Waals surface area (Å²) in [6.45, 7) is 2.78. The van der Waals surface area contributed by atoms with Crippen molar-refractivity contribution in [3.05, 3.63) is 71.4 Å². The number of pyridine rings is 1. The zero-order valence-electron chi connectivity index (χ0n) is 18.0. The fraction of sp³-hybridized carbons (Fsp3) is 0.304. The fourth-order valence-electron chi connectivity index (χ4n) is 4.54. The first-order valence-corrected chi connectivity index (χ1v) is 10.6. The fourth-order valence-corrected chi connectivity index (χ4v) is 4.54. The third kappa shape index (κ3) is 4.38. The second kappa shape index (κ2) is 8.78. The number of alkyl halides is 3. The number of phenols is 1. The zero-order valence-corrected chi connectivity index (χ0v) is 18.0. The van der Waals surface area contributed by atoms with Crippen LogP contribution in [0.2, 0.25) is 0 Å². The standard InChI is InChI=1S/C23H25F3N6O/c1-2-13-8-15(16-4-3-5-19(33)20(13)16)10-32-11-18(30-12-32)17-9-14(6-7-29-17)21(27)22(31-28)23(24,25)26/h3-7,9,11-13,15,31,33H,2,8,10,27-28H2,1H3/b22-21-. The first-order chi connectivity index (χ1) is 15.7. The maximum absolute atomic E-state index is 13.1. The monoisotopic (exact) mass is 458 g/mol. The summed E-state index contributed by atoms with van der Waals surface area (Å²) in [6.07, 6.45) is 2.01. The summed E-state index contributed by atoms with van der Waals surface area (Å²) in [5.41, 5.74) is 8.81. The van der Waals surface area contributed by atoms with Gasteiger partial charge in [-0.05, 0) is 42.5 Å². The van der Waals surface area contributed by atoms with E-state index >= 15 is 0 Å². The van der Waals surface area contributed by atoms with Gasteiger partial charge in [-0.3, -0.25) is 10.8 Å². The van der Waals surface area contributed by atoms with Gasteiger partial charge in [0.25, 0.3) is 0 Å². The first kappa shape index (κ1) is 22.7. The Bertz CT molecular complexity index is 1190. The van der Waals surface area contributed by atoms with Gasteiger partial charge in [-0.2, -0.15) is 13.2 Å². The van der Waals surface area contributed by atoms with Crippen LogP contribution in [0.5, 0.6) is 5.75 Å². The smallest absolute Gasteiger partial charge is 0.434 e. The molecule has 2 unspecified atom stereocenters. The van der Waals surface area contributed by atoms with Crippen LogP contribution in [-0.4, -0.2) is 25.8 Å². The minimum atomic E-state index is -4.72. The summed E-state index contributed by atoms with van der Waals surface area (Å²) in [7, 11) is 0. The molecule has 0 spiro atoms. The molecule has 0 bridgehead atoms. The van der Waals surface area contributed by atoms with E-state index in [1.165, 1.54) is 18.3 Å². The Morgan fingerprint density at radius 3 is 2.70 bits per heavy atom. The lowest BCUT2D eigenvalue weighted by Crippen LogP contribution is -2.34. The predicted octanol–water partition coefficient (Wildman–Crippen LogP) is 3.98. The van der Waals surface area contributed by atoms with Crippen LogP contribution in [0.4, 0.5) is 13.2 Å². The number of imidazole rings is 1. The van der Waals surface area contributed by atoms with Crippen LogP contribution in [-0.2, 0) is 6.54 Å². The molecule has 0 saturated carbocycles. The molecule has 1 aliphatic carbocycles. The molecule has 33 heavy (non-hydrogen) atoms. The molecular formula is C23H25F3N6O. The first-order valence-electron chi connectivity index (χ1n) is 10.6. The number of hydrogen-bond acceptors (Lipinski definition) is 6. The van der Waals surface area contributed by atoms with E-state index < -0.39 is 17.6 Å². The van der Waals surface area contributed by atoms with Gasteiger partial charge in [0.05, 0.1) is 17.7 Å². The van der Waals surface area contributed by atoms with Crippen molar-refractivity contribution in [2.75, 3.05) is 0 Å². The number of fused-ring (bicyclic) bond motifs is 1. The lowest BCUT2D eigenvalue weighted by molar-refractivity contribution is -0.0961. The van der Waals surface area contributed by atoms with Crippen molar-refractivity contribution in [3.63, 3.8) is 0 Å². The number of aromatic hydroxyl groups is 1. The van der Waals surface area contributed by atoms with Crippen molar-refractivity contribution >= 4 is 5.70 Å². The van der Waals surface area contributed by atoms with Gasteiger partial charge in [0, 0.05) is 36.0 Å². The molecule has 0 radical (unpaired) electrons. The lowest BCUT2D eigenvalue weighted by atomic mass is 9.98. The van der Waals surface area contributed by atoms with E-state index in [-0.39, 0.29) is 11.5 Å². The molecule has 7 nitrogen and oxygen atoms in total. The molecule has 1 aliphatic rings. The number of benzene rings is 1. The van der Waals surface area contributed by atoms with Crippen LogP contribution in [0.1, 0.15) is 48.3 Å². The SMILES string of the molecule is CCC1CC(Cn2cnc(-c3cc(/C(N)=C(/NN)C(F)(F)F)ccn3)c2)c2cccc(O)c21. The summed E-state index contributed by atoms with van der Waals surface area (Å²) in [6, 6.07) is 8.46. The van der Waals surface area contributed by atoms with Gasteiger partial charge in [-0.1, -0.05) is 19.1 Å². The average molecular weight is 458 g/mol. The van der Waals surface area contributed by atoms with Crippen LogP contribution in [0.3, 0.4) is 0 Å². The van der Waals surface area contributed by atoms with E-state index in [1.807, 2.05) is 10.6 Å². The van der Waals surface area contributed by atoms with Crippen molar-refractivity contribution in [1.29, 1.82) is 0 Å². The maximum Gasteiger partial charge on any atom is 0.434 e. The molecule has 2 heterocycles. The summed E-state index contributed by atoms with van der Waals surface area (Å²) in [5, 5.41) is 10.3. The van der Waals surface area contributed by atoms with Crippen molar-refractivity contribution in [2.24, 2.45) is 11.6 Å². The molecule has 0 fully saturated rings. The van der Waals surface area contributed by atoms with E-state index in [2.05, 4.69) is 23.0 Å². The van der Waals surface area contributed by atoms with E-state index in [9.17, 15) is 18.3 Å². The van der Waals surface area contributed by atoms with Gasteiger partial charge in [-0.15, -0.1) is 0 Å². The second-order valence-corrected chi connectivity index (χ2v) is 8.13. The quantitative estimate of drug-likeness (QED) is 0.328. The number of aromatic nitrogens is 3. The Morgan fingerprint density at radius 2 is 2.00 bits per heavy atom. The molecular weight excluding hydrogens is 433 g/mol. The second-order valence-electron chi connectivity index (χ2n) is 8.13. The van der Waals surface area contributed by atoms with Gasteiger partial charge >= 0.3 is 6.18 Å². The average Bonchev–Trinajstić information content (AvgIpc) is 3.39. The summed E-state index contributed by atoms with van der Waals surface area (Å²) in [5.74, 6) is 5.90. The number of phenolic OH excluding ortho intramolecular Hbond substituents is 1. The Labute approximate surface area is 188 Å². The number of halogens is 3. The van der Waals surface area contributed by atoms with Gasteiger partial charge in [0.2, 0.25) is 0 Å². The van der Waals surface area contributed by atoms with Crippen molar-refractivity contribution < 1.29 is 18.3 Å². The molecule has 0 amide bonds. The number of rotatable bonds is 6. The van der Waals surface area contributed by atoms with Crippen LogP contribution in [0.15, 0.2) is 54.7 Å². The number of allylic oxidation sites excluding steroid dienone is 1. The van der Waals surface area contributed by atoms with Gasteiger partial charge < -0.3 is 20.8 Å². The van der Waals surface area contributed by atoms with Crippen LogP contribution >= 0.6 is 0 Å². The third-order valence-corrected chi connectivity index (χ3v) is 6.12. The highest BCUT2D eigenvalue weighted by atomic mass is 19.4. The highest BCUT2D eigenvalue weighted by molar-refractivity contribution is 5.69. The minimum Gasteiger partial charge on any atom is -0.508 e. The molecule has 0 saturated heterocycles. The molecule has 174 valence electrons. The van der Waals surface area contributed by atoms with E-state index in [0.717, 1.165) is 24.0 Å². The van der Waals surface area contributed by atoms with E-state index in [0.29, 0.717) is 29.6 Å². The number of nitrogens with one attached hydrogen (secondary N) is 1. The summed E-state index contributed by atoms with van der Waals surface area (Å²) in [4.78, 5) is 8.62. The van der Waals surface area contributed by atoms with Crippen LogP contribution in [0.25, 0.3) is 17.1 Å². The van der Waals surface area contributed by atoms with Crippen molar-refractivity contribution in [2.45, 2.75) is 44.3 Å². The zero-order chi connectivity index (χ0) is 23.8. The molecule has 1 aromatic carbocycles. The molecule has 6 N–H and O–H groups in total. The van der Waals surface area contributed by atoms with E-state index in [4.69, 9.17) is 11.6 Å². The normalized spacial score (nSPS) is 18.7. The number of hydrogen-bond donors (Lipinski definition) is 4. The summed E-state index contributed by atoms with van der Waals surface area (Å²) >= 11 is 0. The van der Waals surface area contributed by atoms with Gasteiger partial charge in [0.1, 0.15) is 11.4 Å². The number of nitrogens with two attached hydrogens (primary N) is 2. The van der Waals surface area contributed by atoms with Crippen molar-refractivity contribution in [3.8, 4) is 17.1 Å². The lowest BCUT2D eigenvalue weighted by Gasteiger charge is -2.14. The largest absolute Gasteiger partial charge is 0.508 e. The number of hydrazine groups is 1. The number of nitrogens with zero attached hydrogens (tertiary/aromatic N) is 3. The summed E-state index contributed by atoms with van der Waals surface area (Å²) < 4.78 is 41.3. The Kier molecular flexibility index (Phi) is 6.03. The van der Waals surface area contributed by atoms with Crippen LogP contribution in [0, 0.1) is 0 Å². The topological polar surface area (TPSA) is 115 Å². The highest BCUT2D eigenvalue weighted by Gasteiger charge is 2.36. The third-order valence-electron chi connectivity index (χ3n) is 6.12. The van der Waals surface area contributed by atoms with Gasteiger partial charge in [-0.25, -0.2) is 4.98 Å². The molecule has 0 aliphatic heterocycles. The van der Waals surface area contributed by atoms with Gasteiger partial charge in [0.15, 0.2) is 5.70 Å². The Balaban J connectivity index is 1.59.